The van der Waals surface area contributed by atoms with E-state index < -0.39 is 17.6 Å². The summed E-state index contributed by atoms with van der Waals surface area (Å²) in [7, 11) is 0. The number of aromatic nitrogens is 1. The Balaban J connectivity index is 1.96. The summed E-state index contributed by atoms with van der Waals surface area (Å²) in [6.45, 7) is 9.83. The van der Waals surface area contributed by atoms with E-state index in [1.54, 1.807) is 20.8 Å². The highest BCUT2D eigenvalue weighted by molar-refractivity contribution is 6.30. The molecule has 0 atom stereocenters. The number of ether oxygens (including phenoxy) is 1. The van der Waals surface area contributed by atoms with Crippen molar-refractivity contribution < 1.29 is 18.8 Å². The summed E-state index contributed by atoms with van der Waals surface area (Å²) in [5.41, 5.74) is 2.78. The van der Waals surface area contributed by atoms with Crippen molar-refractivity contribution >= 4 is 35.1 Å². The Kier molecular flexibility index (Phi) is 8.68. The van der Waals surface area contributed by atoms with Gasteiger partial charge < -0.3 is 14.6 Å². The zero-order valence-corrected chi connectivity index (χ0v) is 19.4. The Morgan fingerprint density at radius 1 is 1.26 bits per heavy atom. The first-order chi connectivity index (χ1) is 14.6. The summed E-state index contributed by atoms with van der Waals surface area (Å²) < 4.78 is 10.1. The van der Waals surface area contributed by atoms with Gasteiger partial charge in [0.05, 0.1) is 0 Å². The molecule has 7 nitrogen and oxygen atoms in total. The molecular formula is C23H30ClN3O4. The van der Waals surface area contributed by atoms with Crippen molar-refractivity contribution in [1.82, 2.24) is 10.5 Å². The zero-order valence-electron chi connectivity index (χ0n) is 18.7. The van der Waals surface area contributed by atoms with Gasteiger partial charge in [-0.15, -0.1) is 0 Å². The topological polar surface area (TPSA) is 93.5 Å². The van der Waals surface area contributed by atoms with Gasteiger partial charge >= 0.3 is 6.09 Å². The number of hydrogen-bond acceptors (Lipinski definition) is 5. The highest BCUT2D eigenvalue weighted by atomic mass is 35.5. The predicted octanol–water partition coefficient (Wildman–Crippen LogP) is 5.99. The van der Waals surface area contributed by atoms with Crippen molar-refractivity contribution in [2.24, 2.45) is 0 Å². The number of aryl methyl sites for hydroxylation is 1. The SMILES string of the molecule is CCC/C=C(/CCNC(=O)c1cc(NC(=O)OC(C)(C)C)on1)c1cc(Cl)ccc1C. The summed E-state index contributed by atoms with van der Waals surface area (Å²) >= 11 is 6.18. The lowest BCUT2D eigenvalue weighted by atomic mass is 9.96. The van der Waals surface area contributed by atoms with Gasteiger partial charge in [0, 0.05) is 17.6 Å². The molecule has 0 spiro atoms. The van der Waals surface area contributed by atoms with Crippen LogP contribution >= 0.6 is 11.6 Å². The van der Waals surface area contributed by atoms with Crippen LogP contribution < -0.4 is 10.6 Å². The quantitative estimate of drug-likeness (QED) is 0.518. The second-order valence-corrected chi connectivity index (χ2v) is 8.62. The monoisotopic (exact) mass is 447 g/mol. The van der Waals surface area contributed by atoms with Gasteiger partial charge in [0.15, 0.2) is 5.69 Å². The summed E-state index contributed by atoms with van der Waals surface area (Å²) in [6, 6.07) is 7.17. The first kappa shape index (κ1) is 24.5. The van der Waals surface area contributed by atoms with Gasteiger partial charge in [-0.05, 0) is 69.4 Å². The lowest BCUT2D eigenvalue weighted by Gasteiger charge is -2.18. The molecule has 0 saturated heterocycles. The highest BCUT2D eigenvalue weighted by Gasteiger charge is 2.19. The minimum absolute atomic E-state index is 0.0393. The van der Waals surface area contributed by atoms with E-state index >= 15 is 0 Å². The Bertz CT molecular complexity index is 945. The summed E-state index contributed by atoms with van der Waals surface area (Å²) in [5.74, 6) is -0.351. The molecule has 2 rings (SSSR count). The lowest BCUT2D eigenvalue weighted by molar-refractivity contribution is 0.0631. The van der Waals surface area contributed by atoms with Crippen LogP contribution in [0.4, 0.5) is 10.7 Å². The lowest BCUT2D eigenvalue weighted by Crippen LogP contribution is -2.27. The third-order valence-electron chi connectivity index (χ3n) is 4.27. The van der Waals surface area contributed by atoms with Crippen molar-refractivity contribution in [2.45, 2.75) is 59.5 Å². The maximum Gasteiger partial charge on any atom is 0.414 e. The van der Waals surface area contributed by atoms with Crippen molar-refractivity contribution in [2.75, 3.05) is 11.9 Å². The van der Waals surface area contributed by atoms with E-state index in [9.17, 15) is 9.59 Å². The number of rotatable bonds is 8. The fraction of sp³-hybridized carbons (Fsp3) is 0.435. The van der Waals surface area contributed by atoms with Gasteiger partial charge in [0.2, 0.25) is 5.88 Å². The van der Waals surface area contributed by atoms with Crippen LogP contribution in [-0.4, -0.2) is 29.3 Å². The standard InChI is InChI=1S/C23H30ClN3O4/c1-6-7-8-16(18-13-17(24)10-9-15(18)2)11-12-25-21(28)19-14-20(31-27-19)26-22(29)30-23(3,4)5/h8-10,13-14H,6-7,11-12H2,1-5H3,(H,25,28)(H,26,29)/b16-8-. The van der Waals surface area contributed by atoms with Crippen LogP contribution in [-0.2, 0) is 4.74 Å². The number of halogens is 1. The van der Waals surface area contributed by atoms with E-state index in [0.717, 1.165) is 29.5 Å². The minimum Gasteiger partial charge on any atom is -0.444 e. The fourth-order valence-electron chi connectivity index (χ4n) is 2.85. The number of nitrogens with zero attached hydrogens (tertiary/aromatic N) is 1. The van der Waals surface area contributed by atoms with Crippen LogP contribution in [0.3, 0.4) is 0 Å². The van der Waals surface area contributed by atoms with Gasteiger partial charge in [-0.3, -0.25) is 10.1 Å². The van der Waals surface area contributed by atoms with Crippen molar-refractivity contribution in [3.63, 3.8) is 0 Å². The largest absolute Gasteiger partial charge is 0.444 e. The van der Waals surface area contributed by atoms with Crippen LogP contribution in [0.15, 0.2) is 34.9 Å². The highest BCUT2D eigenvalue weighted by Crippen LogP contribution is 2.26. The average molecular weight is 448 g/mol. The summed E-state index contributed by atoms with van der Waals surface area (Å²) in [5, 5.41) is 9.64. The normalized spacial score (nSPS) is 11.9. The first-order valence-corrected chi connectivity index (χ1v) is 10.7. The number of nitrogens with one attached hydrogen (secondary N) is 2. The molecule has 2 aromatic rings. The third-order valence-corrected chi connectivity index (χ3v) is 4.51. The molecule has 1 aromatic heterocycles. The molecule has 0 bridgehead atoms. The number of carbonyl (C=O) groups is 2. The average Bonchev–Trinajstić information content (AvgIpc) is 3.13. The van der Waals surface area contributed by atoms with Crippen molar-refractivity contribution in [3.05, 3.63) is 52.2 Å². The molecule has 0 saturated carbocycles. The summed E-state index contributed by atoms with van der Waals surface area (Å²) in [6.07, 6.45) is 4.12. The Labute approximate surface area is 188 Å². The van der Waals surface area contributed by atoms with Gasteiger partial charge in [-0.25, -0.2) is 4.79 Å². The van der Waals surface area contributed by atoms with E-state index in [2.05, 4.69) is 28.8 Å². The van der Waals surface area contributed by atoms with E-state index in [1.165, 1.54) is 6.07 Å². The summed E-state index contributed by atoms with van der Waals surface area (Å²) in [4.78, 5) is 24.2. The zero-order chi connectivity index (χ0) is 23.0. The number of amides is 2. The molecule has 0 aliphatic heterocycles. The van der Waals surface area contributed by atoms with Gasteiger partial charge in [0.25, 0.3) is 5.91 Å². The van der Waals surface area contributed by atoms with Crippen LogP contribution in [0, 0.1) is 6.92 Å². The third kappa shape index (κ3) is 8.09. The molecule has 0 aliphatic rings. The molecule has 0 unspecified atom stereocenters. The fourth-order valence-corrected chi connectivity index (χ4v) is 3.02. The van der Waals surface area contributed by atoms with Crippen LogP contribution in [0.2, 0.25) is 5.02 Å². The van der Waals surface area contributed by atoms with Crippen LogP contribution in [0.1, 0.15) is 68.6 Å². The van der Waals surface area contributed by atoms with E-state index in [0.29, 0.717) is 18.0 Å². The van der Waals surface area contributed by atoms with Crippen molar-refractivity contribution in [3.8, 4) is 0 Å². The second-order valence-electron chi connectivity index (χ2n) is 8.19. The number of allylic oxidation sites excluding steroid dienone is 1. The van der Waals surface area contributed by atoms with Crippen LogP contribution in [0.5, 0.6) is 0 Å². The number of hydrogen-bond donors (Lipinski definition) is 2. The molecule has 2 amide bonds. The Morgan fingerprint density at radius 3 is 2.68 bits per heavy atom. The maximum atomic E-state index is 12.4. The van der Waals surface area contributed by atoms with Gasteiger partial charge in [-0.2, -0.15) is 0 Å². The second kappa shape index (κ2) is 11.0. The molecule has 8 heteroatoms. The molecule has 1 heterocycles. The molecule has 2 N–H and O–H groups in total. The molecule has 31 heavy (non-hydrogen) atoms. The van der Waals surface area contributed by atoms with E-state index in [1.807, 2.05) is 25.1 Å². The Hall–Kier alpha value is -2.80. The molecular weight excluding hydrogens is 418 g/mol. The number of benzene rings is 1. The van der Waals surface area contributed by atoms with Gasteiger partial charge in [-0.1, -0.05) is 42.2 Å². The van der Waals surface area contributed by atoms with E-state index in [4.69, 9.17) is 20.9 Å². The predicted molar refractivity (Wildman–Crippen MR) is 122 cm³/mol. The Morgan fingerprint density at radius 2 is 2.00 bits per heavy atom. The van der Waals surface area contributed by atoms with Gasteiger partial charge in [0.1, 0.15) is 5.60 Å². The molecule has 0 aliphatic carbocycles. The number of carbonyl (C=O) groups excluding carboxylic acids is 2. The van der Waals surface area contributed by atoms with Crippen molar-refractivity contribution in [1.29, 1.82) is 0 Å². The van der Waals surface area contributed by atoms with E-state index in [-0.39, 0.29) is 11.6 Å². The molecule has 0 fully saturated rings. The molecule has 168 valence electrons. The minimum atomic E-state index is -0.682. The van der Waals surface area contributed by atoms with Crippen LogP contribution in [0.25, 0.3) is 5.57 Å². The maximum absolute atomic E-state index is 12.4. The first-order valence-electron chi connectivity index (χ1n) is 10.3. The molecule has 0 radical (unpaired) electrons. The molecule has 1 aromatic carbocycles. The smallest absolute Gasteiger partial charge is 0.414 e. The number of unbranched alkanes of at least 4 members (excludes halogenated alkanes) is 1. The number of anilines is 1.